The van der Waals surface area contributed by atoms with Gasteiger partial charge in [-0.15, -0.1) is 0 Å². The lowest BCUT2D eigenvalue weighted by molar-refractivity contribution is 0.608. The van der Waals surface area contributed by atoms with Crippen molar-refractivity contribution < 1.29 is 0 Å². The van der Waals surface area contributed by atoms with Crippen molar-refractivity contribution in [3.63, 3.8) is 0 Å². The molecule has 0 aromatic heterocycles. The number of hydrogen-bond acceptors (Lipinski definition) is 4. The minimum absolute atomic E-state index is 0.0983. The highest BCUT2D eigenvalue weighted by molar-refractivity contribution is 5.19. The summed E-state index contributed by atoms with van der Waals surface area (Å²) in [5.74, 6) is 0. The highest BCUT2D eigenvalue weighted by Gasteiger charge is 2.06. The third-order valence-electron chi connectivity index (χ3n) is 3.55. The van der Waals surface area contributed by atoms with Crippen LogP contribution in [-0.4, -0.2) is 13.6 Å². The second-order valence-corrected chi connectivity index (χ2v) is 5.21. The van der Waals surface area contributed by atoms with Crippen LogP contribution in [-0.2, 0) is 0 Å². The van der Waals surface area contributed by atoms with E-state index in [1.807, 2.05) is 67.7 Å². The first-order valence-corrected chi connectivity index (χ1v) is 7.82. The van der Waals surface area contributed by atoms with E-state index < -0.39 is 0 Å². The van der Waals surface area contributed by atoms with E-state index in [1.54, 1.807) is 0 Å². The Kier molecular flexibility index (Phi) is 9.34. The van der Waals surface area contributed by atoms with Crippen LogP contribution in [0.25, 0.3) is 0 Å². The predicted molar refractivity (Wildman–Crippen MR) is 95.5 cm³/mol. The van der Waals surface area contributed by atoms with Crippen LogP contribution in [0.1, 0.15) is 36.1 Å². The van der Waals surface area contributed by atoms with Gasteiger partial charge in [0.15, 0.2) is 0 Å². The van der Waals surface area contributed by atoms with Crippen molar-refractivity contribution in [2.45, 2.75) is 24.9 Å². The zero-order valence-electron chi connectivity index (χ0n) is 13.7. The molecule has 2 aromatic carbocycles. The van der Waals surface area contributed by atoms with E-state index >= 15 is 0 Å². The van der Waals surface area contributed by atoms with Crippen LogP contribution in [0.4, 0.5) is 0 Å². The van der Waals surface area contributed by atoms with Crippen LogP contribution in [0.3, 0.4) is 0 Å². The van der Waals surface area contributed by atoms with Gasteiger partial charge in [-0.25, -0.2) is 0 Å². The molecule has 0 heterocycles. The molecule has 2 rings (SSSR count). The Balaban J connectivity index is 0.000000231. The normalized spacial score (nSPS) is 12.4. The number of nitriles is 1. The summed E-state index contributed by atoms with van der Waals surface area (Å²) < 4.78 is 0. The number of hydrogen-bond donors (Lipinski definition) is 3. The number of nitrogens with one attached hydrogen (secondary N) is 1. The lowest BCUT2D eigenvalue weighted by Gasteiger charge is -2.11. The molecule has 2 aromatic rings. The van der Waals surface area contributed by atoms with E-state index in [0.29, 0.717) is 13.0 Å². The molecule has 0 bridgehead atoms. The second-order valence-electron chi connectivity index (χ2n) is 5.21. The molecule has 0 amide bonds. The van der Waals surface area contributed by atoms with Crippen molar-refractivity contribution in [3.8, 4) is 6.07 Å². The fourth-order valence-corrected chi connectivity index (χ4v) is 2.21. The number of nitrogens with two attached hydrogens (primary N) is 2. The standard InChI is InChI=1S/C10H12N2.C9H14N2/c1-12-10(7-8-11)9-5-3-2-4-6-9;10-7-6-9(11)8-4-2-1-3-5-8/h2-6,10,12H,7H2,1H3;1-5,9H,6-7,10-11H2/t10-;9-/m00/s1. The molecule has 0 aliphatic carbocycles. The molecule has 0 aliphatic heterocycles. The summed E-state index contributed by atoms with van der Waals surface area (Å²) in [4.78, 5) is 0. The molecule has 0 radical (unpaired) electrons. The van der Waals surface area contributed by atoms with Crippen molar-refractivity contribution in [3.05, 3.63) is 71.8 Å². The molecule has 0 fully saturated rings. The number of benzene rings is 2. The molecule has 122 valence electrons. The quantitative estimate of drug-likeness (QED) is 0.765. The predicted octanol–water partition coefficient (Wildman–Crippen LogP) is 2.90. The molecule has 0 unspecified atom stereocenters. The molecular formula is C19H26N4. The van der Waals surface area contributed by atoms with Gasteiger partial charge in [-0.05, 0) is 31.1 Å². The van der Waals surface area contributed by atoms with Crippen LogP contribution in [0, 0.1) is 11.3 Å². The Morgan fingerprint density at radius 3 is 1.96 bits per heavy atom. The Bertz CT molecular complexity index is 563. The van der Waals surface area contributed by atoms with Gasteiger partial charge in [0.05, 0.1) is 12.5 Å². The smallest absolute Gasteiger partial charge is 0.0641 e. The van der Waals surface area contributed by atoms with Crippen LogP contribution < -0.4 is 16.8 Å². The molecule has 4 nitrogen and oxygen atoms in total. The van der Waals surface area contributed by atoms with Crippen molar-refractivity contribution in [2.24, 2.45) is 11.5 Å². The van der Waals surface area contributed by atoms with Gasteiger partial charge in [0, 0.05) is 12.1 Å². The second kappa shape index (κ2) is 11.4. The van der Waals surface area contributed by atoms with Crippen LogP contribution >= 0.6 is 0 Å². The van der Waals surface area contributed by atoms with Crippen molar-refractivity contribution in [1.82, 2.24) is 5.32 Å². The largest absolute Gasteiger partial charge is 0.330 e. The summed E-state index contributed by atoms with van der Waals surface area (Å²) in [6, 6.07) is 22.4. The van der Waals surface area contributed by atoms with Gasteiger partial charge < -0.3 is 16.8 Å². The molecule has 5 N–H and O–H groups in total. The van der Waals surface area contributed by atoms with Crippen LogP contribution in [0.15, 0.2) is 60.7 Å². The maximum absolute atomic E-state index is 8.54. The van der Waals surface area contributed by atoms with E-state index in [2.05, 4.69) is 11.4 Å². The summed E-state index contributed by atoms with van der Waals surface area (Å²) in [6.45, 7) is 0.649. The maximum atomic E-state index is 8.54. The van der Waals surface area contributed by atoms with Gasteiger partial charge >= 0.3 is 0 Å². The monoisotopic (exact) mass is 310 g/mol. The van der Waals surface area contributed by atoms with Crippen LogP contribution in [0.5, 0.6) is 0 Å². The van der Waals surface area contributed by atoms with E-state index in [0.717, 1.165) is 12.0 Å². The Labute approximate surface area is 139 Å². The first-order chi connectivity index (χ1) is 11.2. The van der Waals surface area contributed by atoms with E-state index in [9.17, 15) is 0 Å². The molecule has 0 spiro atoms. The molecule has 0 saturated heterocycles. The lowest BCUT2D eigenvalue weighted by atomic mass is 10.1. The third kappa shape index (κ3) is 7.07. The first kappa shape index (κ1) is 18.9. The topological polar surface area (TPSA) is 87.9 Å². The fraction of sp³-hybridized carbons (Fsp3) is 0.316. The zero-order chi connectivity index (χ0) is 16.9. The lowest BCUT2D eigenvalue weighted by Crippen LogP contribution is -2.15. The first-order valence-electron chi connectivity index (χ1n) is 7.82. The summed E-state index contributed by atoms with van der Waals surface area (Å²) in [6.07, 6.45) is 1.37. The third-order valence-corrected chi connectivity index (χ3v) is 3.55. The molecule has 4 heteroatoms. The summed E-state index contributed by atoms with van der Waals surface area (Å²) in [5, 5.41) is 11.6. The maximum Gasteiger partial charge on any atom is 0.0641 e. The van der Waals surface area contributed by atoms with Crippen molar-refractivity contribution in [1.29, 1.82) is 5.26 Å². The van der Waals surface area contributed by atoms with Crippen molar-refractivity contribution >= 4 is 0 Å². The van der Waals surface area contributed by atoms with Gasteiger partial charge in [0.2, 0.25) is 0 Å². The molecule has 0 saturated carbocycles. The van der Waals surface area contributed by atoms with Gasteiger partial charge in [-0.2, -0.15) is 5.26 Å². The Hall–Kier alpha value is -2.19. The summed E-state index contributed by atoms with van der Waals surface area (Å²) >= 11 is 0. The summed E-state index contributed by atoms with van der Waals surface area (Å²) in [5.41, 5.74) is 13.5. The zero-order valence-corrected chi connectivity index (χ0v) is 13.7. The minimum atomic E-state index is 0.0983. The molecule has 2 atom stereocenters. The summed E-state index contributed by atoms with van der Waals surface area (Å²) in [7, 11) is 1.87. The number of rotatable bonds is 6. The Morgan fingerprint density at radius 2 is 1.52 bits per heavy atom. The van der Waals surface area contributed by atoms with Gasteiger partial charge in [0.25, 0.3) is 0 Å². The van der Waals surface area contributed by atoms with Crippen LogP contribution in [0.2, 0.25) is 0 Å². The van der Waals surface area contributed by atoms with Gasteiger partial charge in [-0.1, -0.05) is 60.7 Å². The Morgan fingerprint density at radius 1 is 1.00 bits per heavy atom. The molecule has 23 heavy (non-hydrogen) atoms. The average Bonchev–Trinajstić information content (AvgIpc) is 2.62. The van der Waals surface area contributed by atoms with E-state index in [4.69, 9.17) is 16.7 Å². The fourth-order valence-electron chi connectivity index (χ4n) is 2.21. The average molecular weight is 310 g/mol. The SMILES string of the molecule is CN[C@@H](CC#N)c1ccccc1.NCC[C@H](N)c1ccccc1. The molecule has 0 aliphatic rings. The highest BCUT2D eigenvalue weighted by atomic mass is 14.9. The van der Waals surface area contributed by atoms with Gasteiger partial charge in [-0.3, -0.25) is 0 Å². The minimum Gasteiger partial charge on any atom is -0.330 e. The molecular weight excluding hydrogens is 284 g/mol. The highest BCUT2D eigenvalue weighted by Crippen LogP contribution is 2.14. The van der Waals surface area contributed by atoms with E-state index in [1.165, 1.54) is 5.56 Å². The van der Waals surface area contributed by atoms with Gasteiger partial charge in [0.1, 0.15) is 0 Å². The number of nitrogens with zero attached hydrogens (tertiary/aromatic N) is 1. The van der Waals surface area contributed by atoms with E-state index in [-0.39, 0.29) is 12.1 Å². The van der Waals surface area contributed by atoms with Crippen molar-refractivity contribution in [2.75, 3.05) is 13.6 Å².